The molecule has 0 radical (unpaired) electrons. The number of thioether (sulfide) groups is 1. The van der Waals surface area contributed by atoms with Gasteiger partial charge in [-0.15, -0.1) is 0 Å². The van der Waals surface area contributed by atoms with Gasteiger partial charge in [-0.25, -0.2) is 13.2 Å². The van der Waals surface area contributed by atoms with E-state index in [2.05, 4.69) is 5.32 Å². The summed E-state index contributed by atoms with van der Waals surface area (Å²) in [6.45, 7) is 1.83. The lowest BCUT2D eigenvalue weighted by Crippen LogP contribution is -2.42. The van der Waals surface area contributed by atoms with Gasteiger partial charge >= 0.3 is 5.97 Å². The summed E-state index contributed by atoms with van der Waals surface area (Å²) in [5, 5.41) is 2.70. The number of amides is 1. The van der Waals surface area contributed by atoms with E-state index in [4.69, 9.17) is 4.74 Å². The zero-order chi connectivity index (χ0) is 19.5. The van der Waals surface area contributed by atoms with Crippen LogP contribution in [0.3, 0.4) is 0 Å². The summed E-state index contributed by atoms with van der Waals surface area (Å²) in [7, 11) is -2.08. The molecule has 7 nitrogen and oxygen atoms in total. The third kappa shape index (κ3) is 4.50. The molecule has 0 aromatic heterocycles. The molecular weight excluding hydrogens is 376 g/mol. The normalized spacial score (nSPS) is 17.5. The van der Waals surface area contributed by atoms with Crippen LogP contribution in [-0.4, -0.2) is 57.8 Å². The quantitative estimate of drug-likeness (QED) is 0.696. The highest BCUT2D eigenvalue weighted by atomic mass is 32.2. The molecule has 9 heteroatoms. The number of nitrogens with zero attached hydrogens (tertiary/aromatic N) is 1. The Morgan fingerprint density at radius 3 is 2.69 bits per heavy atom. The van der Waals surface area contributed by atoms with Gasteiger partial charge in [-0.1, -0.05) is 0 Å². The Morgan fingerprint density at radius 1 is 1.42 bits per heavy atom. The molecule has 0 fully saturated rings. The van der Waals surface area contributed by atoms with E-state index in [-0.39, 0.29) is 11.9 Å². The molecule has 1 N–H and O–H groups in total. The Bertz CT molecular complexity index is 794. The van der Waals surface area contributed by atoms with Gasteiger partial charge in [0.15, 0.2) is 0 Å². The van der Waals surface area contributed by atoms with Crippen molar-refractivity contribution in [2.45, 2.75) is 31.8 Å². The molecular formula is C17H24N2O5S2. The molecule has 1 heterocycles. The van der Waals surface area contributed by atoms with Crippen LogP contribution in [-0.2, 0) is 26.0 Å². The molecule has 0 unspecified atom stereocenters. The van der Waals surface area contributed by atoms with Gasteiger partial charge < -0.3 is 10.1 Å². The number of rotatable bonds is 7. The van der Waals surface area contributed by atoms with Crippen LogP contribution < -0.4 is 9.62 Å². The molecule has 1 aliphatic rings. The molecule has 0 aliphatic carbocycles. The second kappa shape index (κ2) is 8.30. The Balaban J connectivity index is 2.21. The van der Waals surface area contributed by atoms with Crippen molar-refractivity contribution in [2.75, 3.05) is 29.7 Å². The number of hydrogen-bond donors (Lipinski definition) is 1. The van der Waals surface area contributed by atoms with E-state index in [1.165, 1.54) is 17.7 Å². The van der Waals surface area contributed by atoms with E-state index in [9.17, 15) is 18.0 Å². The standard InChI is InChI=1S/C17H24N2O5S2/c1-11-9-13-10-12(5-6-15(13)19(11)26(4,22)23)16(20)18-14(7-8-25-3)17(21)24-2/h5-6,10-11,14H,7-9H2,1-4H3,(H,18,20)/t11-,14-/m0/s1. The summed E-state index contributed by atoms with van der Waals surface area (Å²) >= 11 is 1.58. The molecule has 1 aliphatic heterocycles. The van der Waals surface area contributed by atoms with Crippen molar-refractivity contribution in [3.05, 3.63) is 29.3 Å². The highest BCUT2D eigenvalue weighted by Crippen LogP contribution is 2.34. The van der Waals surface area contributed by atoms with Gasteiger partial charge in [-0.3, -0.25) is 9.10 Å². The lowest BCUT2D eigenvalue weighted by molar-refractivity contribution is -0.142. The lowest BCUT2D eigenvalue weighted by atomic mass is 10.1. The summed E-state index contributed by atoms with van der Waals surface area (Å²) in [6, 6.07) is 4.01. The molecule has 144 valence electrons. The van der Waals surface area contributed by atoms with E-state index in [0.717, 1.165) is 5.56 Å². The molecule has 1 aromatic rings. The predicted octanol–water partition coefficient (Wildman–Crippen LogP) is 1.42. The number of fused-ring (bicyclic) bond motifs is 1. The Morgan fingerprint density at radius 2 is 2.12 bits per heavy atom. The number of ether oxygens (including phenoxy) is 1. The molecule has 0 spiro atoms. The largest absolute Gasteiger partial charge is 0.467 e. The number of methoxy groups -OCH3 is 1. The second-order valence-corrected chi connectivity index (χ2v) is 9.13. The second-order valence-electron chi connectivity index (χ2n) is 6.29. The fourth-order valence-electron chi connectivity index (χ4n) is 3.12. The minimum absolute atomic E-state index is 0.192. The molecule has 26 heavy (non-hydrogen) atoms. The SMILES string of the molecule is COC(=O)[C@H](CCSC)NC(=O)c1ccc2c(c1)C[C@H](C)N2S(C)(=O)=O. The maximum absolute atomic E-state index is 12.5. The van der Waals surface area contributed by atoms with Crippen LogP contribution in [0.15, 0.2) is 18.2 Å². The first-order valence-electron chi connectivity index (χ1n) is 8.19. The molecule has 2 atom stereocenters. The number of carbonyl (C=O) groups excluding carboxylic acids is 2. The highest BCUT2D eigenvalue weighted by molar-refractivity contribution is 7.98. The maximum atomic E-state index is 12.5. The average molecular weight is 401 g/mol. The van der Waals surface area contributed by atoms with Gasteiger partial charge in [0.1, 0.15) is 6.04 Å². The summed E-state index contributed by atoms with van der Waals surface area (Å²) in [4.78, 5) is 24.4. The van der Waals surface area contributed by atoms with Gasteiger partial charge in [0, 0.05) is 11.6 Å². The maximum Gasteiger partial charge on any atom is 0.328 e. The van der Waals surface area contributed by atoms with Gasteiger partial charge in [0.25, 0.3) is 5.91 Å². The van der Waals surface area contributed by atoms with Gasteiger partial charge in [0.2, 0.25) is 10.0 Å². The fourth-order valence-corrected chi connectivity index (χ4v) is 4.85. The fraction of sp³-hybridized carbons (Fsp3) is 0.529. The van der Waals surface area contributed by atoms with E-state index in [0.29, 0.717) is 29.8 Å². The van der Waals surface area contributed by atoms with Gasteiger partial charge in [-0.2, -0.15) is 11.8 Å². The summed E-state index contributed by atoms with van der Waals surface area (Å²) in [5.41, 5.74) is 1.79. The summed E-state index contributed by atoms with van der Waals surface area (Å²) < 4.78 is 30.1. The zero-order valence-corrected chi connectivity index (χ0v) is 16.9. The van der Waals surface area contributed by atoms with Crippen molar-refractivity contribution in [3.63, 3.8) is 0 Å². The average Bonchev–Trinajstić information content (AvgIpc) is 2.92. The van der Waals surface area contributed by atoms with Gasteiger partial charge in [-0.05, 0) is 55.5 Å². The number of nitrogens with one attached hydrogen (secondary N) is 1. The Labute approximate surface area is 158 Å². The van der Waals surface area contributed by atoms with E-state index in [1.807, 2.05) is 13.2 Å². The lowest BCUT2D eigenvalue weighted by Gasteiger charge is -2.22. The zero-order valence-electron chi connectivity index (χ0n) is 15.3. The van der Waals surface area contributed by atoms with Crippen molar-refractivity contribution in [2.24, 2.45) is 0 Å². The van der Waals surface area contributed by atoms with Crippen molar-refractivity contribution < 1.29 is 22.7 Å². The Kier molecular flexibility index (Phi) is 6.57. The van der Waals surface area contributed by atoms with Crippen LogP contribution in [0, 0.1) is 0 Å². The van der Waals surface area contributed by atoms with Crippen LogP contribution in [0.5, 0.6) is 0 Å². The van der Waals surface area contributed by atoms with E-state index < -0.39 is 22.0 Å². The van der Waals surface area contributed by atoms with Crippen molar-refractivity contribution in [3.8, 4) is 0 Å². The van der Waals surface area contributed by atoms with Crippen molar-refractivity contribution >= 4 is 39.3 Å². The highest BCUT2D eigenvalue weighted by Gasteiger charge is 2.33. The monoisotopic (exact) mass is 400 g/mol. The van der Waals surface area contributed by atoms with Gasteiger partial charge in [0.05, 0.1) is 19.1 Å². The van der Waals surface area contributed by atoms with E-state index in [1.54, 1.807) is 30.0 Å². The van der Waals surface area contributed by atoms with Crippen LogP contribution in [0.4, 0.5) is 5.69 Å². The molecule has 1 amide bonds. The van der Waals surface area contributed by atoms with Crippen LogP contribution >= 0.6 is 11.8 Å². The van der Waals surface area contributed by atoms with E-state index >= 15 is 0 Å². The summed E-state index contributed by atoms with van der Waals surface area (Å²) in [6.07, 6.45) is 4.11. The number of hydrogen-bond acceptors (Lipinski definition) is 6. The van der Waals surface area contributed by atoms with Crippen LogP contribution in [0.1, 0.15) is 29.3 Å². The smallest absolute Gasteiger partial charge is 0.328 e. The number of anilines is 1. The molecule has 0 saturated carbocycles. The number of sulfonamides is 1. The first kappa shape index (κ1) is 20.6. The summed E-state index contributed by atoms with van der Waals surface area (Å²) in [5.74, 6) is -0.148. The Hall–Kier alpha value is -1.74. The third-order valence-corrected chi connectivity index (χ3v) is 6.17. The molecule has 0 saturated heterocycles. The first-order chi connectivity index (χ1) is 12.2. The molecule has 1 aromatic carbocycles. The number of benzene rings is 1. The van der Waals surface area contributed by atoms with Crippen LogP contribution in [0.2, 0.25) is 0 Å². The number of esters is 1. The first-order valence-corrected chi connectivity index (χ1v) is 11.4. The minimum Gasteiger partial charge on any atom is -0.467 e. The molecule has 2 rings (SSSR count). The topological polar surface area (TPSA) is 92.8 Å². The number of carbonyl (C=O) groups is 2. The van der Waals surface area contributed by atoms with Crippen molar-refractivity contribution in [1.82, 2.24) is 5.32 Å². The van der Waals surface area contributed by atoms with Crippen LogP contribution in [0.25, 0.3) is 0 Å². The molecule has 0 bridgehead atoms. The predicted molar refractivity (Wildman–Crippen MR) is 103 cm³/mol. The third-order valence-electron chi connectivity index (χ3n) is 4.25. The van der Waals surface area contributed by atoms with Crippen molar-refractivity contribution in [1.29, 1.82) is 0 Å². The minimum atomic E-state index is -3.37.